The Bertz CT molecular complexity index is 627. The molecular weight excluding hydrogens is 318 g/mol. The van der Waals surface area contributed by atoms with Gasteiger partial charge in [-0.1, -0.05) is 18.0 Å². The number of hydrogen-bond acceptors (Lipinski definition) is 4. The molecule has 0 spiro atoms. The highest BCUT2D eigenvalue weighted by atomic mass is 35.5. The van der Waals surface area contributed by atoms with Crippen LogP contribution in [-0.2, 0) is 14.8 Å². The fourth-order valence-corrected chi connectivity index (χ4v) is 3.29. The van der Waals surface area contributed by atoms with Gasteiger partial charge in [-0.05, 0) is 37.0 Å². The third-order valence-electron chi connectivity index (χ3n) is 3.31. The van der Waals surface area contributed by atoms with Gasteiger partial charge in [0.05, 0.1) is 6.61 Å². The van der Waals surface area contributed by atoms with E-state index >= 15 is 0 Å². The van der Waals surface area contributed by atoms with Crippen LogP contribution in [0.15, 0.2) is 23.1 Å². The van der Waals surface area contributed by atoms with Crippen molar-refractivity contribution in [2.45, 2.75) is 24.2 Å². The van der Waals surface area contributed by atoms with Crippen molar-refractivity contribution in [3.05, 3.63) is 23.2 Å². The third-order valence-corrected chi connectivity index (χ3v) is 4.97. The largest absolute Gasteiger partial charge is 0.492 e. The molecule has 1 fully saturated rings. The molecule has 1 saturated carbocycles. The molecule has 0 saturated heterocycles. The van der Waals surface area contributed by atoms with E-state index in [1.807, 2.05) is 4.72 Å². The number of carbonyl (C=O) groups is 1. The van der Waals surface area contributed by atoms with Gasteiger partial charge in [-0.2, -0.15) is 4.72 Å². The fraction of sp³-hybridized carbons (Fsp3) is 0.462. The molecule has 1 aliphatic carbocycles. The van der Waals surface area contributed by atoms with Crippen molar-refractivity contribution in [3.8, 4) is 5.75 Å². The number of sulfonamides is 1. The third kappa shape index (κ3) is 4.33. The van der Waals surface area contributed by atoms with Crippen LogP contribution in [0.25, 0.3) is 0 Å². The van der Waals surface area contributed by atoms with Crippen molar-refractivity contribution >= 4 is 27.6 Å². The molecule has 0 aromatic heterocycles. The first-order chi connectivity index (χ1) is 9.88. The summed E-state index contributed by atoms with van der Waals surface area (Å²) >= 11 is 5.82. The van der Waals surface area contributed by atoms with Crippen molar-refractivity contribution in [2.24, 2.45) is 5.92 Å². The van der Waals surface area contributed by atoms with Gasteiger partial charge < -0.3 is 9.84 Å². The summed E-state index contributed by atoms with van der Waals surface area (Å²) < 4.78 is 31.8. The zero-order valence-electron chi connectivity index (χ0n) is 11.2. The van der Waals surface area contributed by atoms with Gasteiger partial charge in [-0.25, -0.2) is 8.42 Å². The van der Waals surface area contributed by atoms with Gasteiger partial charge in [-0.15, -0.1) is 0 Å². The van der Waals surface area contributed by atoms with E-state index in [1.165, 1.54) is 24.6 Å². The number of nitrogens with one attached hydrogen (secondary N) is 1. The molecule has 0 amide bonds. The standard InChI is InChI=1S/C13H16ClNO5S/c14-10-4-5-11(20-8-9-2-1-3-9)12(6-10)21(18,19)15-7-13(16)17/h4-6,9,15H,1-3,7-8H2,(H,16,17). The SMILES string of the molecule is O=C(O)CNS(=O)(=O)c1cc(Cl)ccc1OCC1CCC1. The summed E-state index contributed by atoms with van der Waals surface area (Å²) in [6, 6.07) is 4.27. The molecule has 6 nitrogen and oxygen atoms in total. The minimum atomic E-state index is -3.99. The molecule has 2 rings (SSSR count). The molecule has 8 heteroatoms. The van der Waals surface area contributed by atoms with Crippen molar-refractivity contribution in [3.63, 3.8) is 0 Å². The zero-order chi connectivity index (χ0) is 15.5. The average Bonchev–Trinajstić information content (AvgIpc) is 2.36. The molecule has 0 unspecified atom stereocenters. The highest BCUT2D eigenvalue weighted by Gasteiger charge is 2.23. The first kappa shape index (κ1) is 16.1. The number of benzene rings is 1. The van der Waals surface area contributed by atoms with Gasteiger partial charge >= 0.3 is 5.97 Å². The Kier molecular flexibility index (Phi) is 5.08. The average molecular weight is 334 g/mol. The number of ether oxygens (including phenoxy) is 1. The lowest BCUT2D eigenvalue weighted by Gasteiger charge is -2.25. The van der Waals surface area contributed by atoms with Crippen LogP contribution in [0.4, 0.5) is 0 Å². The van der Waals surface area contributed by atoms with Crippen LogP contribution in [0.1, 0.15) is 19.3 Å². The molecular formula is C13H16ClNO5S. The highest BCUT2D eigenvalue weighted by Crippen LogP contribution is 2.31. The smallest absolute Gasteiger partial charge is 0.318 e. The predicted octanol–water partition coefficient (Wildman–Crippen LogP) is 1.88. The van der Waals surface area contributed by atoms with Gasteiger partial charge in [0.25, 0.3) is 0 Å². The van der Waals surface area contributed by atoms with Gasteiger partial charge in [0.15, 0.2) is 0 Å². The number of carboxylic acid groups (broad SMARTS) is 1. The van der Waals surface area contributed by atoms with E-state index in [0.717, 1.165) is 12.8 Å². The van der Waals surface area contributed by atoms with Crippen molar-refractivity contribution in [2.75, 3.05) is 13.2 Å². The van der Waals surface area contributed by atoms with Gasteiger partial charge in [0, 0.05) is 5.02 Å². The van der Waals surface area contributed by atoms with Gasteiger partial charge in [0.2, 0.25) is 10.0 Å². The Hall–Kier alpha value is -1.31. The molecule has 0 aliphatic heterocycles. The van der Waals surface area contributed by atoms with Crippen LogP contribution < -0.4 is 9.46 Å². The fourth-order valence-electron chi connectivity index (χ4n) is 1.91. The number of carboxylic acids is 1. The second-order valence-electron chi connectivity index (χ2n) is 4.92. The minimum absolute atomic E-state index is 0.143. The van der Waals surface area contributed by atoms with E-state index in [1.54, 1.807) is 0 Å². The second-order valence-corrected chi connectivity index (χ2v) is 7.09. The van der Waals surface area contributed by atoms with E-state index in [0.29, 0.717) is 12.5 Å². The van der Waals surface area contributed by atoms with Crippen LogP contribution in [0, 0.1) is 5.92 Å². The Morgan fingerprint density at radius 1 is 1.43 bits per heavy atom. The maximum Gasteiger partial charge on any atom is 0.318 e. The van der Waals surface area contributed by atoms with E-state index in [9.17, 15) is 13.2 Å². The van der Waals surface area contributed by atoms with Crippen LogP contribution in [0.3, 0.4) is 0 Å². The Morgan fingerprint density at radius 2 is 2.14 bits per heavy atom. The maximum atomic E-state index is 12.1. The van der Waals surface area contributed by atoms with Gasteiger partial charge in [-0.3, -0.25) is 4.79 Å². The van der Waals surface area contributed by atoms with Crippen LogP contribution in [0.2, 0.25) is 5.02 Å². The van der Waals surface area contributed by atoms with E-state index < -0.39 is 22.5 Å². The molecule has 1 aliphatic rings. The lowest BCUT2D eigenvalue weighted by atomic mass is 9.86. The molecule has 1 aromatic rings. The Morgan fingerprint density at radius 3 is 2.71 bits per heavy atom. The zero-order valence-corrected chi connectivity index (χ0v) is 12.8. The van der Waals surface area contributed by atoms with E-state index in [2.05, 4.69) is 0 Å². The molecule has 1 aromatic carbocycles. The van der Waals surface area contributed by atoms with Crippen LogP contribution >= 0.6 is 11.6 Å². The molecule has 21 heavy (non-hydrogen) atoms. The highest BCUT2D eigenvalue weighted by molar-refractivity contribution is 7.89. The maximum absolute atomic E-state index is 12.1. The summed E-state index contributed by atoms with van der Waals surface area (Å²) in [5.41, 5.74) is 0. The molecule has 116 valence electrons. The van der Waals surface area contributed by atoms with E-state index in [-0.39, 0.29) is 15.7 Å². The minimum Gasteiger partial charge on any atom is -0.492 e. The predicted molar refractivity (Wildman–Crippen MR) is 77.1 cm³/mol. The van der Waals surface area contributed by atoms with Crippen molar-refractivity contribution in [1.29, 1.82) is 0 Å². The number of rotatable bonds is 7. The first-order valence-corrected chi connectivity index (χ1v) is 8.38. The first-order valence-electron chi connectivity index (χ1n) is 6.52. The second kappa shape index (κ2) is 6.64. The normalized spacial score (nSPS) is 15.5. The summed E-state index contributed by atoms with van der Waals surface area (Å²) in [7, 11) is -3.99. The van der Waals surface area contributed by atoms with Crippen LogP contribution in [-0.4, -0.2) is 32.6 Å². The van der Waals surface area contributed by atoms with E-state index in [4.69, 9.17) is 21.4 Å². The monoisotopic (exact) mass is 333 g/mol. The summed E-state index contributed by atoms with van der Waals surface area (Å²) in [6.07, 6.45) is 3.32. The molecule has 2 N–H and O–H groups in total. The number of hydrogen-bond donors (Lipinski definition) is 2. The lowest BCUT2D eigenvalue weighted by molar-refractivity contribution is -0.135. The Labute approximate surface area is 128 Å². The Balaban J connectivity index is 2.18. The topological polar surface area (TPSA) is 92.7 Å². The number of halogens is 1. The lowest BCUT2D eigenvalue weighted by Crippen LogP contribution is -2.30. The summed E-state index contributed by atoms with van der Waals surface area (Å²) in [6.45, 7) is -0.250. The molecule has 0 radical (unpaired) electrons. The summed E-state index contributed by atoms with van der Waals surface area (Å²) in [4.78, 5) is 10.4. The van der Waals surface area contributed by atoms with Gasteiger partial charge in [0.1, 0.15) is 17.2 Å². The van der Waals surface area contributed by atoms with Crippen molar-refractivity contribution in [1.82, 2.24) is 4.72 Å². The quantitative estimate of drug-likeness (QED) is 0.794. The van der Waals surface area contributed by atoms with Crippen molar-refractivity contribution < 1.29 is 23.1 Å². The summed E-state index contributed by atoms with van der Waals surface area (Å²) in [5.74, 6) is -0.634. The molecule has 0 bridgehead atoms. The molecule has 0 heterocycles. The molecule has 0 atom stereocenters. The summed E-state index contributed by atoms with van der Waals surface area (Å²) in [5, 5.41) is 8.82. The number of aliphatic carboxylic acids is 1. The van der Waals surface area contributed by atoms with Crippen LogP contribution in [0.5, 0.6) is 5.75 Å².